The number of hydrogen-bond donors (Lipinski definition) is 0. The minimum Gasteiger partial charge on any atom is -0.296 e. The van der Waals surface area contributed by atoms with Gasteiger partial charge in [0.1, 0.15) is 17.0 Å². The van der Waals surface area contributed by atoms with Crippen LogP contribution in [0.1, 0.15) is 38.6 Å². The molecule has 3 rings (SSSR count). The van der Waals surface area contributed by atoms with Gasteiger partial charge >= 0.3 is 0 Å². The van der Waals surface area contributed by atoms with Crippen LogP contribution in [0.2, 0.25) is 0 Å². The molecule has 2 heterocycles. The summed E-state index contributed by atoms with van der Waals surface area (Å²) >= 11 is 0. The highest BCUT2D eigenvalue weighted by molar-refractivity contribution is 5.80. The highest BCUT2D eigenvalue weighted by atomic mass is 19.1. The molecular weight excluding hydrogens is 317 g/mol. The molecule has 0 atom stereocenters. The Labute approximate surface area is 146 Å². The van der Waals surface area contributed by atoms with Crippen LogP contribution >= 0.6 is 0 Å². The minimum atomic E-state index is -0.566. The highest BCUT2D eigenvalue weighted by Gasteiger charge is 2.28. The molecule has 1 aromatic carbocycles. The van der Waals surface area contributed by atoms with Gasteiger partial charge in [0.25, 0.3) is 5.56 Å². The van der Waals surface area contributed by atoms with E-state index in [-0.39, 0.29) is 27.4 Å². The highest BCUT2D eigenvalue weighted by Crippen LogP contribution is 2.30. The first-order valence-electron chi connectivity index (χ1n) is 8.24. The summed E-state index contributed by atoms with van der Waals surface area (Å²) in [5.74, 6) is 5.49. The first-order chi connectivity index (χ1) is 11.8. The maximum absolute atomic E-state index is 14.8. The Morgan fingerprint density at radius 3 is 2.96 bits per heavy atom. The zero-order valence-corrected chi connectivity index (χ0v) is 14.7. The zero-order valence-electron chi connectivity index (χ0n) is 14.7. The van der Waals surface area contributed by atoms with E-state index in [9.17, 15) is 9.18 Å². The lowest BCUT2D eigenvalue weighted by atomic mass is 9.85. The molecule has 0 N–H and O–H groups in total. The van der Waals surface area contributed by atoms with Crippen molar-refractivity contribution in [3.63, 3.8) is 0 Å². The van der Waals surface area contributed by atoms with Gasteiger partial charge in [-0.2, -0.15) is 0 Å². The summed E-state index contributed by atoms with van der Waals surface area (Å²) in [6, 6.07) is 3.11. The Balaban J connectivity index is 2.15. The summed E-state index contributed by atoms with van der Waals surface area (Å²) in [6.45, 7) is 10.3. The lowest BCUT2D eigenvalue weighted by Gasteiger charge is -2.31. The van der Waals surface area contributed by atoms with E-state index in [2.05, 4.69) is 42.2 Å². The van der Waals surface area contributed by atoms with Gasteiger partial charge in [0.2, 0.25) is 0 Å². The molecule has 1 aliphatic rings. The molecule has 0 bridgehead atoms. The van der Waals surface area contributed by atoms with Crippen LogP contribution in [0.25, 0.3) is 10.9 Å². The molecule has 0 radical (unpaired) electrons. The van der Waals surface area contributed by atoms with Crippen molar-refractivity contribution < 1.29 is 4.39 Å². The van der Waals surface area contributed by atoms with E-state index in [0.29, 0.717) is 24.5 Å². The molecule has 0 amide bonds. The first-order valence-corrected chi connectivity index (χ1v) is 8.24. The number of aromatic nitrogens is 2. The standard InChI is InChI=1S/C20H20FN3O/c1-5-22-13(2)6-7-14-8-9-15-18(17(14)21)23-16-10-11-20(3,4)12-24(16)19(15)25/h5,8-9H,2,10-12H2,1,3-4H3. The summed E-state index contributed by atoms with van der Waals surface area (Å²) in [7, 11) is 0. The van der Waals surface area contributed by atoms with Crippen LogP contribution in [0, 0.1) is 23.1 Å². The van der Waals surface area contributed by atoms with Crippen molar-refractivity contribution in [2.75, 3.05) is 0 Å². The van der Waals surface area contributed by atoms with Crippen molar-refractivity contribution in [3.05, 3.63) is 52.0 Å². The fourth-order valence-corrected chi connectivity index (χ4v) is 3.03. The number of rotatable bonds is 1. The van der Waals surface area contributed by atoms with Crippen LogP contribution in [0.4, 0.5) is 4.39 Å². The molecular formula is C20H20FN3O. The van der Waals surface area contributed by atoms with Crippen molar-refractivity contribution in [1.29, 1.82) is 0 Å². The first kappa shape index (κ1) is 17.1. The third-order valence-corrected chi connectivity index (χ3v) is 4.38. The summed E-state index contributed by atoms with van der Waals surface area (Å²) in [4.78, 5) is 21.1. The maximum Gasteiger partial charge on any atom is 0.261 e. The normalized spacial score (nSPS) is 15.7. The van der Waals surface area contributed by atoms with Crippen molar-refractivity contribution in [3.8, 4) is 11.8 Å². The SMILES string of the molecule is C=C(C#Cc1ccc2c(=O)n3c(nc2c1F)CCC(C)(C)C3)N=CC. The van der Waals surface area contributed by atoms with E-state index >= 15 is 0 Å². The van der Waals surface area contributed by atoms with Gasteiger partial charge < -0.3 is 0 Å². The fraction of sp³-hybridized carbons (Fsp3) is 0.350. The predicted molar refractivity (Wildman–Crippen MR) is 98.2 cm³/mol. The average molecular weight is 337 g/mol. The average Bonchev–Trinajstić information content (AvgIpc) is 2.55. The van der Waals surface area contributed by atoms with E-state index in [1.165, 1.54) is 6.07 Å². The molecule has 0 saturated carbocycles. The number of nitrogens with zero attached hydrogens (tertiary/aromatic N) is 3. The molecule has 0 fully saturated rings. The molecule has 25 heavy (non-hydrogen) atoms. The van der Waals surface area contributed by atoms with Crippen LogP contribution < -0.4 is 5.56 Å². The molecule has 5 heteroatoms. The van der Waals surface area contributed by atoms with Crippen molar-refractivity contribution in [2.24, 2.45) is 10.4 Å². The van der Waals surface area contributed by atoms with Gasteiger partial charge in [-0.25, -0.2) is 9.37 Å². The molecule has 1 aliphatic heterocycles. The smallest absolute Gasteiger partial charge is 0.261 e. The largest absolute Gasteiger partial charge is 0.296 e. The van der Waals surface area contributed by atoms with E-state index in [0.717, 1.165) is 6.42 Å². The van der Waals surface area contributed by atoms with Gasteiger partial charge in [0, 0.05) is 19.2 Å². The van der Waals surface area contributed by atoms with Gasteiger partial charge in [-0.1, -0.05) is 26.3 Å². The van der Waals surface area contributed by atoms with Gasteiger partial charge in [-0.3, -0.25) is 14.4 Å². The fourth-order valence-electron chi connectivity index (χ4n) is 3.03. The van der Waals surface area contributed by atoms with E-state index in [4.69, 9.17) is 0 Å². The summed E-state index contributed by atoms with van der Waals surface area (Å²) < 4.78 is 16.5. The number of allylic oxidation sites excluding steroid dienone is 1. The van der Waals surface area contributed by atoms with Crippen LogP contribution in [-0.4, -0.2) is 15.8 Å². The number of aryl methyl sites for hydroxylation is 1. The van der Waals surface area contributed by atoms with Crippen LogP contribution in [0.3, 0.4) is 0 Å². The minimum absolute atomic E-state index is 0.0380. The zero-order chi connectivity index (χ0) is 18.2. The van der Waals surface area contributed by atoms with Gasteiger partial charge in [0.05, 0.1) is 10.9 Å². The van der Waals surface area contributed by atoms with Crippen LogP contribution in [0.5, 0.6) is 0 Å². The monoisotopic (exact) mass is 337 g/mol. The Hall–Kier alpha value is -2.74. The molecule has 4 nitrogen and oxygen atoms in total. The second-order valence-electron chi connectivity index (χ2n) is 6.99. The summed E-state index contributed by atoms with van der Waals surface area (Å²) in [5.41, 5.74) is 0.477. The predicted octanol–water partition coefficient (Wildman–Crippen LogP) is 3.46. The third kappa shape index (κ3) is 3.25. The van der Waals surface area contributed by atoms with Crippen LogP contribution in [0.15, 0.2) is 34.2 Å². The van der Waals surface area contributed by atoms with E-state index in [1.807, 2.05) is 0 Å². The topological polar surface area (TPSA) is 47.2 Å². The Bertz CT molecular complexity index is 1020. The molecule has 0 spiro atoms. The molecule has 0 unspecified atom stereocenters. The molecule has 0 saturated heterocycles. The van der Waals surface area contributed by atoms with Crippen molar-refractivity contribution >= 4 is 17.1 Å². The maximum atomic E-state index is 14.8. The second kappa shape index (κ2) is 6.29. The van der Waals surface area contributed by atoms with E-state index in [1.54, 1.807) is 23.8 Å². The lowest BCUT2D eigenvalue weighted by molar-refractivity contribution is 0.240. The quantitative estimate of drug-likeness (QED) is 0.591. The van der Waals surface area contributed by atoms with Gasteiger partial charge in [-0.05, 0) is 36.8 Å². The number of halogens is 1. The third-order valence-electron chi connectivity index (χ3n) is 4.38. The van der Waals surface area contributed by atoms with Gasteiger partial charge in [0.15, 0.2) is 5.82 Å². The summed E-state index contributed by atoms with van der Waals surface area (Å²) in [6.07, 6.45) is 3.15. The Morgan fingerprint density at radius 1 is 1.48 bits per heavy atom. The number of hydrogen-bond acceptors (Lipinski definition) is 3. The number of fused-ring (bicyclic) bond motifs is 2. The summed E-state index contributed by atoms with van der Waals surface area (Å²) in [5, 5.41) is 0.287. The molecule has 0 aliphatic carbocycles. The number of benzene rings is 1. The molecule has 128 valence electrons. The van der Waals surface area contributed by atoms with Crippen molar-refractivity contribution in [1.82, 2.24) is 9.55 Å². The number of aliphatic imine (C=N–C) groups is 1. The Kier molecular flexibility index (Phi) is 4.30. The second-order valence-corrected chi connectivity index (χ2v) is 6.99. The Morgan fingerprint density at radius 2 is 2.24 bits per heavy atom. The van der Waals surface area contributed by atoms with Gasteiger partial charge in [-0.15, -0.1) is 0 Å². The molecule has 2 aromatic rings. The van der Waals surface area contributed by atoms with Crippen LogP contribution in [-0.2, 0) is 13.0 Å². The van der Waals surface area contributed by atoms with E-state index < -0.39 is 5.82 Å². The van der Waals surface area contributed by atoms with Crippen molar-refractivity contribution in [2.45, 2.75) is 40.2 Å². The lowest BCUT2D eigenvalue weighted by Crippen LogP contribution is -2.36. The molecule has 1 aromatic heterocycles.